The summed E-state index contributed by atoms with van der Waals surface area (Å²) in [4.78, 5) is 0. The van der Waals surface area contributed by atoms with Gasteiger partial charge in [-0.15, -0.1) is 0 Å². The minimum absolute atomic E-state index is 0.300. The van der Waals surface area contributed by atoms with Crippen molar-refractivity contribution in [2.75, 3.05) is 13.7 Å². The fourth-order valence-corrected chi connectivity index (χ4v) is 1.65. The smallest absolute Gasteiger partial charge is 0.138 e. The van der Waals surface area contributed by atoms with Crippen LogP contribution in [0, 0.1) is 0 Å². The molecule has 0 aliphatic carbocycles. The molecule has 4 N–H and O–H groups in total. The van der Waals surface area contributed by atoms with E-state index in [1.54, 1.807) is 12.1 Å². The summed E-state index contributed by atoms with van der Waals surface area (Å²) in [7, 11) is 1.53. The van der Waals surface area contributed by atoms with E-state index >= 15 is 0 Å². The van der Waals surface area contributed by atoms with Crippen LogP contribution in [0.15, 0.2) is 12.1 Å². The maximum atomic E-state index is 5.98. The number of nitrogens with two attached hydrogens (primary N) is 2. The SMILES string of the molecule is COc1cc(Cl)c(C(N)CN)cc1Cl. The van der Waals surface area contributed by atoms with Gasteiger partial charge in [0.1, 0.15) is 5.75 Å². The van der Waals surface area contributed by atoms with Gasteiger partial charge in [-0.25, -0.2) is 0 Å². The highest BCUT2D eigenvalue weighted by atomic mass is 35.5. The third-order valence-corrected chi connectivity index (χ3v) is 2.55. The summed E-state index contributed by atoms with van der Waals surface area (Å²) in [6.45, 7) is 0.322. The Labute approximate surface area is 92.9 Å². The lowest BCUT2D eigenvalue weighted by Crippen LogP contribution is -2.21. The summed E-state index contributed by atoms with van der Waals surface area (Å²) in [5, 5.41) is 1.00. The Kier molecular flexibility index (Phi) is 4.01. The normalized spacial score (nSPS) is 12.6. The second kappa shape index (κ2) is 4.84. The molecular formula is C9H12Cl2N2O. The lowest BCUT2D eigenvalue weighted by molar-refractivity contribution is 0.415. The van der Waals surface area contributed by atoms with Crippen LogP contribution in [0.4, 0.5) is 0 Å². The molecule has 1 aromatic carbocycles. The molecule has 0 heterocycles. The van der Waals surface area contributed by atoms with Crippen LogP contribution >= 0.6 is 23.2 Å². The van der Waals surface area contributed by atoms with Gasteiger partial charge in [-0.3, -0.25) is 0 Å². The molecular weight excluding hydrogens is 223 g/mol. The minimum atomic E-state index is -0.300. The fraction of sp³-hybridized carbons (Fsp3) is 0.333. The molecule has 0 aliphatic rings. The highest BCUT2D eigenvalue weighted by Gasteiger charge is 2.12. The fourth-order valence-electron chi connectivity index (χ4n) is 1.11. The Bertz CT molecular complexity index is 331. The first kappa shape index (κ1) is 11.6. The molecule has 5 heteroatoms. The van der Waals surface area contributed by atoms with Crippen molar-refractivity contribution >= 4 is 23.2 Å². The van der Waals surface area contributed by atoms with Crippen LogP contribution < -0.4 is 16.2 Å². The first-order valence-corrected chi connectivity index (χ1v) is 4.84. The lowest BCUT2D eigenvalue weighted by Gasteiger charge is -2.13. The number of rotatable bonds is 3. The van der Waals surface area contributed by atoms with Gasteiger partial charge >= 0.3 is 0 Å². The molecule has 14 heavy (non-hydrogen) atoms. The molecule has 1 unspecified atom stereocenters. The largest absolute Gasteiger partial charge is 0.495 e. The van der Waals surface area contributed by atoms with Gasteiger partial charge in [0.05, 0.1) is 12.1 Å². The second-order valence-electron chi connectivity index (χ2n) is 2.85. The quantitative estimate of drug-likeness (QED) is 0.841. The molecule has 0 fully saturated rings. The first-order chi connectivity index (χ1) is 6.60. The van der Waals surface area contributed by atoms with Crippen molar-refractivity contribution in [3.63, 3.8) is 0 Å². The predicted molar refractivity (Wildman–Crippen MR) is 59.0 cm³/mol. The maximum Gasteiger partial charge on any atom is 0.138 e. The molecule has 0 spiro atoms. The van der Waals surface area contributed by atoms with Gasteiger partial charge in [-0.05, 0) is 11.6 Å². The number of ether oxygens (including phenoxy) is 1. The molecule has 0 saturated carbocycles. The number of methoxy groups -OCH3 is 1. The zero-order valence-corrected chi connectivity index (χ0v) is 9.27. The van der Waals surface area contributed by atoms with Crippen molar-refractivity contribution < 1.29 is 4.74 Å². The number of benzene rings is 1. The molecule has 78 valence electrons. The van der Waals surface area contributed by atoms with Crippen LogP contribution in [0.3, 0.4) is 0 Å². The zero-order valence-electron chi connectivity index (χ0n) is 7.76. The van der Waals surface area contributed by atoms with Crippen molar-refractivity contribution in [1.82, 2.24) is 0 Å². The summed E-state index contributed by atoms with van der Waals surface area (Å²) in [6, 6.07) is 3.01. The van der Waals surface area contributed by atoms with E-state index in [-0.39, 0.29) is 6.04 Å². The Balaban J connectivity index is 3.14. The summed E-state index contributed by atoms with van der Waals surface area (Å²) in [5.41, 5.74) is 11.9. The third-order valence-electron chi connectivity index (χ3n) is 1.92. The van der Waals surface area contributed by atoms with Gasteiger partial charge in [0.2, 0.25) is 0 Å². The molecule has 0 radical (unpaired) electrons. The molecule has 3 nitrogen and oxygen atoms in total. The van der Waals surface area contributed by atoms with Gasteiger partial charge in [0.25, 0.3) is 0 Å². The number of hydrogen-bond acceptors (Lipinski definition) is 3. The van der Waals surface area contributed by atoms with E-state index in [4.69, 9.17) is 39.4 Å². The van der Waals surface area contributed by atoms with Gasteiger partial charge in [-0.1, -0.05) is 23.2 Å². The van der Waals surface area contributed by atoms with E-state index in [1.807, 2.05) is 0 Å². The van der Waals surface area contributed by atoms with Crippen LogP contribution in [-0.2, 0) is 0 Å². The Morgan fingerprint density at radius 2 is 2.00 bits per heavy atom. The molecule has 0 saturated heterocycles. The van der Waals surface area contributed by atoms with Crippen LogP contribution in [0.25, 0.3) is 0 Å². The summed E-state index contributed by atoms with van der Waals surface area (Å²) in [5.74, 6) is 0.532. The van der Waals surface area contributed by atoms with Gasteiger partial charge in [0.15, 0.2) is 0 Å². The van der Waals surface area contributed by atoms with Crippen molar-refractivity contribution in [3.8, 4) is 5.75 Å². The monoisotopic (exact) mass is 234 g/mol. The van der Waals surface area contributed by atoms with E-state index in [9.17, 15) is 0 Å². The van der Waals surface area contributed by atoms with E-state index in [2.05, 4.69) is 0 Å². The van der Waals surface area contributed by atoms with Crippen molar-refractivity contribution in [2.45, 2.75) is 6.04 Å². The van der Waals surface area contributed by atoms with E-state index in [0.717, 1.165) is 5.56 Å². The molecule has 0 amide bonds. The lowest BCUT2D eigenvalue weighted by atomic mass is 10.1. The highest BCUT2D eigenvalue weighted by molar-refractivity contribution is 6.34. The highest BCUT2D eigenvalue weighted by Crippen LogP contribution is 2.32. The van der Waals surface area contributed by atoms with E-state index < -0.39 is 0 Å². The standard InChI is InChI=1S/C9H12Cl2N2O/c1-14-9-3-6(10)5(2-7(9)11)8(13)4-12/h2-3,8H,4,12-13H2,1H3. The molecule has 1 rings (SSSR count). The van der Waals surface area contributed by atoms with Gasteiger partial charge < -0.3 is 16.2 Å². The van der Waals surface area contributed by atoms with Crippen LogP contribution in [0.5, 0.6) is 5.75 Å². The predicted octanol–water partition coefficient (Wildman–Crippen LogP) is 1.96. The Morgan fingerprint density at radius 3 is 2.50 bits per heavy atom. The van der Waals surface area contributed by atoms with E-state index in [1.165, 1.54) is 7.11 Å². The molecule has 0 aromatic heterocycles. The summed E-state index contributed by atoms with van der Waals surface area (Å²) in [6.07, 6.45) is 0. The third kappa shape index (κ3) is 2.30. The minimum Gasteiger partial charge on any atom is -0.495 e. The Morgan fingerprint density at radius 1 is 1.36 bits per heavy atom. The van der Waals surface area contributed by atoms with Crippen molar-refractivity contribution in [1.29, 1.82) is 0 Å². The summed E-state index contributed by atoms with van der Waals surface area (Å²) >= 11 is 11.9. The van der Waals surface area contributed by atoms with Crippen LogP contribution in [0.1, 0.15) is 11.6 Å². The first-order valence-electron chi connectivity index (χ1n) is 4.08. The van der Waals surface area contributed by atoms with E-state index in [0.29, 0.717) is 22.3 Å². The maximum absolute atomic E-state index is 5.98. The van der Waals surface area contributed by atoms with Gasteiger partial charge in [0, 0.05) is 23.7 Å². The zero-order chi connectivity index (χ0) is 10.7. The number of hydrogen-bond donors (Lipinski definition) is 2. The van der Waals surface area contributed by atoms with Gasteiger partial charge in [-0.2, -0.15) is 0 Å². The average molecular weight is 235 g/mol. The van der Waals surface area contributed by atoms with Crippen molar-refractivity contribution in [2.24, 2.45) is 11.5 Å². The van der Waals surface area contributed by atoms with Crippen LogP contribution in [-0.4, -0.2) is 13.7 Å². The molecule has 0 bridgehead atoms. The second-order valence-corrected chi connectivity index (χ2v) is 3.66. The van der Waals surface area contributed by atoms with Crippen LogP contribution in [0.2, 0.25) is 10.0 Å². The van der Waals surface area contributed by atoms with Crippen molar-refractivity contribution in [3.05, 3.63) is 27.7 Å². The average Bonchev–Trinajstić information content (AvgIpc) is 2.19. The molecule has 0 aliphatic heterocycles. The topological polar surface area (TPSA) is 61.3 Å². The Hall–Kier alpha value is -0.480. The summed E-state index contributed by atoms with van der Waals surface area (Å²) < 4.78 is 5.01. The molecule has 1 aromatic rings. The molecule has 1 atom stereocenters. The number of halogens is 2.